The smallest absolute Gasteiger partial charge is 0.243 e. The van der Waals surface area contributed by atoms with Gasteiger partial charge < -0.3 is 164 Å². The van der Waals surface area contributed by atoms with Crippen molar-refractivity contribution in [1.82, 2.24) is 63.8 Å². The lowest BCUT2D eigenvalue weighted by Gasteiger charge is -2.40. The van der Waals surface area contributed by atoms with Crippen LogP contribution in [0.1, 0.15) is 103 Å². The summed E-state index contributed by atoms with van der Waals surface area (Å²) >= 11 is 0. The number of hydrogen-bond acceptors (Lipinski definition) is 32. The molecule has 5 heterocycles. The van der Waals surface area contributed by atoms with Gasteiger partial charge in [-0.25, -0.2) is 0 Å². The summed E-state index contributed by atoms with van der Waals surface area (Å²) in [5.41, 5.74) is 0. The third kappa shape index (κ3) is 28.9. The average molecular weight is 1560 g/mol. The first-order valence-corrected chi connectivity index (χ1v) is 35.9. The zero-order valence-electron chi connectivity index (χ0n) is 59.3. The Kier molecular flexibility index (Phi) is 39.4. The van der Waals surface area contributed by atoms with Crippen molar-refractivity contribution in [3.05, 3.63) is 0 Å². The molecule has 0 unspecified atom stereocenters. The largest absolute Gasteiger partial charge is 0.394 e. The van der Waals surface area contributed by atoms with Gasteiger partial charge in [0.2, 0.25) is 70.9 Å². The van der Waals surface area contributed by atoms with Gasteiger partial charge in [0.1, 0.15) is 122 Å². The number of amides is 12. The number of aliphatic hydroxyl groups is 16. The van der Waals surface area contributed by atoms with Crippen molar-refractivity contribution >= 4 is 70.9 Å². The molecule has 5 rings (SSSR count). The van der Waals surface area contributed by atoms with Crippen molar-refractivity contribution in [2.75, 3.05) is 78.8 Å². The van der Waals surface area contributed by atoms with Crippen molar-refractivity contribution in [3.8, 4) is 0 Å². The quantitative estimate of drug-likeness (QED) is 0.0399. The van der Waals surface area contributed by atoms with E-state index < -0.39 is 296 Å². The monoisotopic (exact) mass is 1560 g/mol. The van der Waals surface area contributed by atoms with Crippen LogP contribution in [0.25, 0.3) is 0 Å². The highest BCUT2D eigenvalue weighted by atomic mass is 16.6. The molecule has 108 heavy (non-hydrogen) atoms. The van der Waals surface area contributed by atoms with E-state index in [0.29, 0.717) is 0 Å². The molecule has 0 aromatic carbocycles. The van der Waals surface area contributed by atoms with E-state index >= 15 is 0 Å². The number of ether oxygens (including phenoxy) is 4. The molecule has 0 aromatic rings. The second kappa shape index (κ2) is 46.5. The molecule has 5 saturated heterocycles. The Bertz CT molecular complexity index is 2550. The highest BCUT2D eigenvalue weighted by Gasteiger charge is 2.47. The molecular formula is C64H108N12O32. The van der Waals surface area contributed by atoms with Gasteiger partial charge in [-0.3, -0.25) is 57.5 Å². The van der Waals surface area contributed by atoms with Gasteiger partial charge in [0.05, 0.1) is 103 Å². The van der Waals surface area contributed by atoms with Gasteiger partial charge in [-0.05, 0) is 51.4 Å². The summed E-state index contributed by atoms with van der Waals surface area (Å²) in [7, 11) is 0. The zero-order valence-corrected chi connectivity index (χ0v) is 59.3. The summed E-state index contributed by atoms with van der Waals surface area (Å²) in [6.45, 7) is -9.56. The van der Waals surface area contributed by atoms with Crippen LogP contribution in [0.3, 0.4) is 0 Å². The lowest BCUT2D eigenvalue weighted by atomic mass is 9.92. The van der Waals surface area contributed by atoms with Crippen LogP contribution in [0.5, 0.6) is 0 Å². The first-order valence-electron chi connectivity index (χ1n) is 35.9. The van der Waals surface area contributed by atoms with Crippen molar-refractivity contribution in [1.29, 1.82) is 0 Å². The number of rotatable bonds is 24. The molecule has 12 amide bonds. The van der Waals surface area contributed by atoms with Crippen LogP contribution in [0, 0.1) is 0 Å². The first-order chi connectivity index (χ1) is 51.3. The minimum atomic E-state index is -1.69. The molecule has 5 fully saturated rings. The number of nitrogens with one attached hydrogen (secondary N) is 12. The number of carbonyl (C=O) groups excluding carboxylic acids is 12. The van der Waals surface area contributed by atoms with Gasteiger partial charge in [0.25, 0.3) is 0 Å². The molecule has 44 heteroatoms. The molecule has 44 nitrogen and oxygen atoms in total. The van der Waals surface area contributed by atoms with Gasteiger partial charge in [0, 0.05) is 0 Å². The van der Waals surface area contributed by atoms with Crippen LogP contribution < -0.4 is 63.8 Å². The number of aliphatic hydroxyl groups excluding tert-OH is 16. The Balaban J connectivity index is 1.33. The van der Waals surface area contributed by atoms with E-state index in [1.165, 1.54) is 0 Å². The van der Waals surface area contributed by atoms with Crippen molar-refractivity contribution < 1.29 is 158 Å². The third-order valence-corrected chi connectivity index (χ3v) is 19.0. The van der Waals surface area contributed by atoms with Gasteiger partial charge >= 0.3 is 0 Å². The second-order valence-electron chi connectivity index (χ2n) is 27.1. The van der Waals surface area contributed by atoms with Gasteiger partial charge in [-0.15, -0.1) is 0 Å². The Morgan fingerprint density at radius 2 is 0.370 bits per heavy atom. The fourth-order valence-corrected chi connectivity index (χ4v) is 12.6. The zero-order chi connectivity index (χ0) is 79.9. The van der Waals surface area contributed by atoms with Crippen molar-refractivity contribution in [3.63, 3.8) is 0 Å². The summed E-state index contributed by atoms with van der Waals surface area (Å²) in [5, 5.41) is 191. The molecule has 616 valence electrons. The van der Waals surface area contributed by atoms with E-state index in [1.807, 2.05) is 0 Å². The number of unbranched alkanes of at least 4 members (excludes halogenated alkanes) is 4. The SMILES string of the molecule is O=C1CNC(=O)[C@H](CCCC[C@H]2O[C@H](CO)[C@H](O)[C@H](O)[C@H]2O)NC(=O)CNC(=O)CNC(=O)[C@H](CCCC[C@H]2O[C@H](CO)[C@H](O)[C@H](O)[C@H]2O)NC(=O)CNC(=O)CNC(=O)[C@H](CCCC[C@H]2O[C@H](CO)[C@H](O)[C@H](O)[C@H]2O)NC(=O)CNC(=O)CNC(=O)[C@H](CCCC[C@H]2O[C@H](CO)[C@H](O)[C@H](O)[C@H]2O)NC(=O)CN1. The van der Waals surface area contributed by atoms with Crippen LogP contribution in [0.2, 0.25) is 0 Å². The lowest BCUT2D eigenvalue weighted by molar-refractivity contribution is -0.230. The summed E-state index contributed by atoms with van der Waals surface area (Å²) in [4.78, 5) is 161. The molecule has 0 aliphatic carbocycles. The van der Waals surface area contributed by atoms with Crippen LogP contribution in [-0.2, 0) is 76.5 Å². The highest BCUT2D eigenvalue weighted by molar-refractivity contribution is 5.97. The molecule has 5 aliphatic rings. The molecule has 24 atom stereocenters. The molecule has 28 N–H and O–H groups in total. The molecule has 0 saturated carbocycles. The molecule has 0 spiro atoms. The summed E-state index contributed by atoms with van der Waals surface area (Å²) < 4.78 is 22.2. The maximum absolute atomic E-state index is 13.7. The number of hydrogen-bond donors (Lipinski definition) is 28. The third-order valence-electron chi connectivity index (χ3n) is 19.0. The summed E-state index contributed by atoms with van der Waals surface area (Å²) in [6, 6.07) is -5.94. The Morgan fingerprint density at radius 1 is 0.213 bits per heavy atom. The fraction of sp³-hybridized carbons (Fsp3) is 0.812. The molecule has 0 aromatic heterocycles. The molecule has 0 radical (unpaired) electrons. The lowest BCUT2D eigenvalue weighted by Crippen LogP contribution is -2.58. The average Bonchev–Trinajstić information content (AvgIpc) is 0.834. The van der Waals surface area contributed by atoms with Gasteiger partial charge in [-0.1, -0.05) is 51.4 Å². The van der Waals surface area contributed by atoms with E-state index in [0.717, 1.165) is 0 Å². The second-order valence-corrected chi connectivity index (χ2v) is 27.1. The molecular weight excluding hydrogens is 1450 g/mol. The fourth-order valence-electron chi connectivity index (χ4n) is 12.6. The van der Waals surface area contributed by atoms with Gasteiger partial charge in [-0.2, -0.15) is 0 Å². The summed E-state index contributed by atoms with van der Waals surface area (Å²) in [6.07, 6.45) is -29.1. The van der Waals surface area contributed by atoms with Crippen LogP contribution in [0.15, 0.2) is 0 Å². The topological polar surface area (TPSA) is 710 Å². The minimum absolute atomic E-state index is 0.00550. The van der Waals surface area contributed by atoms with E-state index in [4.69, 9.17) is 18.9 Å². The molecule has 5 aliphatic heterocycles. The Labute approximate surface area is 618 Å². The van der Waals surface area contributed by atoms with Gasteiger partial charge in [0.15, 0.2) is 0 Å². The molecule has 0 bridgehead atoms. The van der Waals surface area contributed by atoms with Crippen LogP contribution in [0.4, 0.5) is 0 Å². The van der Waals surface area contributed by atoms with E-state index in [9.17, 15) is 139 Å². The van der Waals surface area contributed by atoms with E-state index in [1.54, 1.807) is 0 Å². The summed E-state index contributed by atoms with van der Waals surface area (Å²) in [5.74, 6) is -11.9. The Morgan fingerprint density at radius 3 is 0.546 bits per heavy atom. The standard InChI is InChI=1S/C64H108N12O32/c77-25-37-53(93)57(97)49(89)33(105-37)13-5-1-9-29-61(101)69-17-41(81)66-22-46(86)74-31(11-3-7-15-35-51(91)59(99)55(95)39(27-79)107-35)63(103)71-19-43(83)68-24-48(88)76-32(12-4-8-16-36-52(92)60(100)56(96)40(28-80)108-36)64(104)72-20-44(84)67-23-47(87)75-30(62(102)70-18-42(82)65-21-45(85)73-29)10-2-6-14-34-50(90)58(98)54(94)38(26-78)106-34/h29-40,49-60,77-80,89-100H,1-28H2,(H,65,82)(H,66,81)(H,67,84)(H,68,83)(H,69,101)(H,70,102)(H,71,103)(H,72,104)(H,73,85)(H,74,86)(H,75,87)(H,76,88)/t29-,30-,31-,32-,33+,34+,35+,36+,37+,38+,39+,40+,49-,50-,51-,52-,53-,54-,55-,56-,57+,58+,59+,60+/m0/s1. The minimum Gasteiger partial charge on any atom is -0.394 e. The predicted octanol–water partition coefficient (Wildman–Crippen LogP) is -15.5. The normalized spacial score (nSPS) is 35.3. The van der Waals surface area contributed by atoms with E-state index in [2.05, 4.69) is 63.8 Å². The van der Waals surface area contributed by atoms with E-state index in [-0.39, 0.29) is 103 Å². The van der Waals surface area contributed by atoms with Crippen molar-refractivity contribution in [2.24, 2.45) is 0 Å². The maximum Gasteiger partial charge on any atom is 0.243 e. The number of carbonyl (C=O) groups is 12. The van der Waals surface area contributed by atoms with Crippen molar-refractivity contribution in [2.45, 2.75) is 249 Å². The first kappa shape index (κ1) is 91.5. The predicted molar refractivity (Wildman–Crippen MR) is 361 cm³/mol. The van der Waals surface area contributed by atoms with Crippen LogP contribution >= 0.6 is 0 Å². The Hall–Kier alpha value is -7.16. The maximum atomic E-state index is 13.7. The highest BCUT2D eigenvalue weighted by Crippen LogP contribution is 2.29. The van der Waals surface area contributed by atoms with Crippen LogP contribution in [-0.4, -0.2) is 378 Å².